The van der Waals surface area contributed by atoms with Gasteiger partial charge in [0.15, 0.2) is 0 Å². The van der Waals surface area contributed by atoms with Crippen LogP contribution in [-0.2, 0) is 4.79 Å². The minimum Gasteiger partial charge on any atom is -0.352 e. The van der Waals surface area contributed by atoms with Crippen LogP contribution in [0.4, 0.5) is 0 Å². The van der Waals surface area contributed by atoms with E-state index in [-0.39, 0.29) is 17.4 Å². The van der Waals surface area contributed by atoms with Gasteiger partial charge in [0.05, 0.1) is 17.9 Å². The zero-order valence-corrected chi connectivity index (χ0v) is 10.9. The molecule has 0 saturated carbocycles. The zero-order valence-electron chi connectivity index (χ0n) is 10.9. The molecule has 1 aliphatic heterocycles. The fourth-order valence-corrected chi connectivity index (χ4v) is 2.54. The van der Waals surface area contributed by atoms with Gasteiger partial charge in [-0.3, -0.25) is 4.79 Å². The summed E-state index contributed by atoms with van der Waals surface area (Å²) >= 11 is 0. The van der Waals surface area contributed by atoms with E-state index in [0.29, 0.717) is 6.42 Å². The minimum atomic E-state index is -0.205. The van der Waals surface area contributed by atoms with Crippen LogP contribution < -0.4 is 10.6 Å². The molecule has 1 heterocycles. The Morgan fingerprint density at radius 2 is 2.18 bits per heavy atom. The Morgan fingerprint density at radius 1 is 1.53 bits per heavy atom. The van der Waals surface area contributed by atoms with E-state index in [0.717, 1.165) is 38.8 Å². The second-order valence-electron chi connectivity index (χ2n) is 5.02. The number of hydrogen-bond acceptors (Lipinski definition) is 3. The maximum atomic E-state index is 12.3. The fourth-order valence-electron chi connectivity index (χ4n) is 2.54. The molecule has 2 N–H and O–H groups in total. The lowest BCUT2D eigenvalue weighted by Crippen LogP contribution is -2.49. The van der Waals surface area contributed by atoms with E-state index in [1.165, 1.54) is 0 Å². The van der Waals surface area contributed by atoms with Gasteiger partial charge in [-0.05, 0) is 39.3 Å². The van der Waals surface area contributed by atoms with Crippen molar-refractivity contribution in [2.24, 2.45) is 5.41 Å². The fraction of sp³-hybridized carbons (Fsp3) is 0.846. The Morgan fingerprint density at radius 3 is 2.71 bits per heavy atom. The van der Waals surface area contributed by atoms with Crippen LogP contribution in [0.5, 0.6) is 0 Å². The highest BCUT2D eigenvalue weighted by molar-refractivity contribution is 5.83. The number of nitrogens with one attached hydrogen (secondary N) is 2. The van der Waals surface area contributed by atoms with Crippen LogP contribution in [0.25, 0.3) is 0 Å². The van der Waals surface area contributed by atoms with Crippen LogP contribution in [0.15, 0.2) is 0 Å². The van der Waals surface area contributed by atoms with E-state index in [9.17, 15) is 4.79 Å². The van der Waals surface area contributed by atoms with Gasteiger partial charge in [0.2, 0.25) is 5.91 Å². The molecule has 1 atom stereocenters. The second-order valence-corrected chi connectivity index (χ2v) is 5.02. The summed E-state index contributed by atoms with van der Waals surface area (Å²) in [7, 11) is 0. The van der Waals surface area contributed by atoms with Crippen molar-refractivity contribution in [2.45, 2.75) is 52.0 Å². The lowest BCUT2D eigenvalue weighted by molar-refractivity contribution is -0.133. The summed E-state index contributed by atoms with van der Waals surface area (Å²) in [4.78, 5) is 12.3. The molecule has 0 aromatic rings. The predicted octanol–water partition coefficient (Wildman–Crippen LogP) is 1.57. The first-order valence-corrected chi connectivity index (χ1v) is 6.53. The molecular formula is C13H23N3O. The van der Waals surface area contributed by atoms with Gasteiger partial charge in [0.1, 0.15) is 0 Å². The van der Waals surface area contributed by atoms with Crippen molar-refractivity contribution in [3.05, 3.63) is 0 Å². The molecule has 0 aromatic heterocycles. The third kappa shape index (κ3) is 3.71. The van der Waals surface area contributed by atoms with E-state index >= 15 is 0 Å². The third-order valence-corrected chi connectivity index (χ3v) is 3.55. The molecule has 4 heteroatoms. The van der Waals surface area contributed by atoms with E-state index in [1.807, 2.05) is 6.92 Å². The Balaban J connectivity index is 2.63. The van der Waals surface area contributed by atoms with Crippen LogP contribution in [-0.4, -0.2) is 25.0 Å². The van der Waals surface area contributed by atoms with Crippen LogP contribution in [0, 0.1) is 16.7 Å². The smallest absolute Gasteiger partial charge is 0.226 e. The molecule has 0 spiro atoms. The summed E-state index contributed by atoms with van der Waals surface area (Å²) in [6.45, 7) is 5.84. The van der Waals surface area contributed by atoms with Gasteiger partial charge < -0.3 is 10.6 Å². The first-order chi connectivity index (χ1) is 8.14. The summed E-state index contributed by atoms with van der Waals surface area (Å²) in [5.74, 6) is 0.142. The van der Waals surface area contributed by atoms with Gasteiger partial charge in [0.25, 0.3) is 0 Å². The quantitative estimate of drug-likeness (QED) is 0.763. The van der Waals surface area contributed by atoms with Crippen LogP contribution in [0.2, 0.25) is 0 Å². The average molecular weight is 237 g/mol. The molecule has 0 bridgehead atoms. The minimum absolute atomic E-state index is 0.0453. The maximum absolute atomic E-state index is 12.3. The van der Waals surface area contributed by atoms with E-state index in [4.69, 9.17) is 5.26 Å². The number of nitrogens with zero attached hydrogens (tertiary/aromatic N) is 1. The first-order valence-electron chi connectivity index (χ1n) is 6.53. The highest BCUT2D eigenvalue weighted by atomic mass is 16.2. The van der Waals surface area contributed by atoms with Gasteiger partial charge in [0, 0.05) is 6.04 Å². The topological polar surface area (TPSA) is 64.9 Å². The monoisotopic (exact) mass is 237 g/mol. The molecule has 0 aromatic carbocycles. The van der Waals surface area contributed by atoms with E-state index in [1.54, 1.807) is 0 Å². The molecule has 1 fully saturated rings. The molecule has 1 aliphatic rings. The van der Waals surface area contributed by atoms with Crippen LogP contribution in [0.1, 0.15) is 46.0 Å². The lowest BCUT2D eigenvalue weighted by atomic mass is 9.74. The van der Waals surface area contributed by atoms with Crippen LogP contribution in [0.3, 0.4) is 0 Å². The summed E-state index contributed by atoms with van der Waals surface area (Å²) in [6.07, 6.45) is 4.17. The summed E-state index contributed by atoms with van der Waals surface area (Å²) in [6, 6.07) is 2.05. The van der Waals surface area contributed by atoms with Gasteiger partial charge >= 0.3 is 0 Å². The number of carbonyl (C=O) groups excluding carboxylic acids is 1. The van der Waals surface area contributed by atoms with Gasteiger partial charge in [-0.2, -0.15) is 5.26 Å². The van der Waals surface area contributed by atoms with Gasteiger partial charge in [-0.15, -0.1) is 0 Å². The highest BCUT2D eigenvalue weighted by Crippen LogP contribution is 2.34. The molecule has 1 unspecified atom stereocenters. The average Bonchev–Trinajstić information content (AvgIpc) is 2.30. The van der Waals surface area contributed by atoms with Crippen molar-refractivity contribution in [3.8, 4) is 6.07 Å². The summed E-state index contributed by atoms with van der Waals surface area (Å²) in [5.41, 5.74) is -0.205. The molecule has 4 nitrogen and oxygen atoms in total. The third-order valence-electron chi connectivity index (χ3n) is 3.55. The Kier molecular flexibility index (Phi) is 5.43. The SMILES string of the molecule is CCCC1(C(=O)NC(C)CC#N)CCNCC1. The van der Waals surface area contributed by atoms with E-state index < -0.39 is 0 Å². The highest BCUT2D eigenvalue weighted by Gasteiger charge is 2.38. The molecular weight excluding hydrogens is 214 g/mol. The van der Waals surface area contributed by atoms with Crippen LogP contribution >= 0.6 is 0 Å². The number of hydrogen-bond donors (Lipinski definition) is 2. The van der Waals surface area contributed by atoms with Crippen molar-refractivity contribution in [1.29, 1.82) is 5.26 Å². The van der Waals surface area contributed by atoms with Crippen molar-refractivity contribution < 1.29 is 4.79 Å². The number of nitriles is 1. The van der Waals surface area contributed by atoms with Gasteiger partial charge in [-0.1, -0.05) is 13.3 Å². The molecule has 1 saturated heterocycles. The van der Waals surface area contributed by atoms with E-state index in [2.05, 4.69) is 23.6 Å². The normalized spacial score (nSPS) is 20.3. The number of carbonyl (C=O) groups is 1. The molecule has 96 valence electrons. The molecule has 17 heavy (non-hydrogen) atoms. The Hall–Kier alpha value is -1.08. The van der Waals surface area contributed by atoms with Crippen molar-refractivity contribution >= 4 is 5.91 Å². The number of amides is 1. The first kappa shape index (κ1) is 14.0. The zero-order chi connectivity index (χ0) is 12.7. The number of rotatable bonds is 5. The largest absolute Gasteiger partial charge is 0.352 e. The maximum Gasteiger partial charge on any atom is 0.226 e. The van der Waals surface area contributed by atoms with Crippen molar-refractivity contribution in [1.82, 2.24) is 10.6 Å². The van der Waals surface area contributed by atoms with Crippen molar-refractivity contribution in [2.75, 3.05) is 13.1 Å². The standard InChI is InChI=1S/C13H23N3O/c1-3-5-13(6-9-15-10-7-13)12(17)16-11(2)4-8-14/h11,15H,3-7,9-10H2,1-2H3,(H,16,17). The lowest BCUT2D eigenvalue weighted by Gasteiger charge is -2.36. The summed E-state index contributed by atoms with van der Waals surface area (Å²) in [5, 5.41) is 14.9. The number of piperidine rings is 1. The van der Waals surface area contributed by atoms with Gasteiger partial charge in [-0.25, -0.2) is 0 Å². The predicted molar refractivity (Wildman–Crippen MR) is 67.3 cm³/mol. The van der Waals surface area contributed by atoms with Crippen molar-refractivity contribution in [3.63, 3.8) is 0 Å². The molecule has 0 radical (unpaired) electrons. The Bertz CT molecular complexity index is 284. The second kappa shape index (κ2) is 6.61. The summed E-state index contributed by atoms with van der Waals surface area (Å²) < 4.78 is 0. The Labute approximate surface area is 104 Å². The molecule has 0 aliphatic carbocycles. The molecule has 1 rings (SSSR count). The molecule has 1 amide bonds.